The molecule has 0 aliphatic carbocycles. The van der Waals surface area contributed by atoms with Crippen molar-refractivity contribution < 1.29 is 13.3 Å². The first-order valence-corrected chi connectivity index (χ1v) is 7.28. The smallest absolute Gasteiger partial charge is 0.271 e. The number of hydrogen-bond donors (Lipinski definition) is 1. The Morgan fingerprint density at radius 1 is 1.47 bits per heavy atom. The first kappa shape index (κ1) is 14.2. The Hall–Kier alpha value is -1.22. The van der Waals surface area contributed by atoms with Crippen LogP contribution in [0.15, 0.2) is 23.1 Å². The summed E-state index contributed by atoms with van der Waals surface area (Å²) in [4.78, 5) is 9.85. The number of non-ortho nitro benzene ring substituents is 1. The van der Waals surface area contributed by atoms with E-state index in [1.54, 1.807) is 0 Å². The van der Waals surface area contributed by atoms with Gasteiger partial charge in [-0.2, -0.15) is 4.31 Å². The van der Waals surface area contributed by atoms with Crippen molar-refractivity contribution in [3.05, 3.63) is 33.3 Å². The van der Waals surface area contributed by atoms with Gasteiger partial charge in [-0.25, -0.2) is 8.42 Å². The summed E-state index contributed by atoms with van der Waals surface area (Å²) in [5.74, 6) is 0. The zero-order valence-electron chi connectivity index (χ0n) is 10.0. The number of nitrogens with one attached hydrogen (secondary N) is 1. The number of nitro groups is 1. The maximum atomic E-state index is 12.3. The van der Waals surface area contributed by atoms with Gasteiger partial charge in [0.25, 0.3) is 5.69 Å². The Kier molecular flexibility index (Phi) is 3.77. The molecular formula is C10H12ClN3O4S. The van der Waals surface area contributed by atoms with Gasteiger partial charge < -0.3 is 5.32 Å². The largest absolute Gasteiger partial charge is 0.313 e. The van der Waals surface area contributed by atoms with Crippen molar-refractivity contribution in [2.45, 2.75) is 10.9 Å². The molecule has 1 N–H and O–H groups in total. The van der Waals surface area contributed by atoms with Crippen LogP contribution in [0.5, 0.6) is 0 Å². The van der Waals surface area contributed by atoms with Gasteiger partial charge in [-0.1, -0.05) is 11.6 Å². The summed E-state index contributed by atoms with van der Waals surface area (Å²) in [6, 6.07) is 3.22. The molecule has 2 rings (SSSR count). The molecule has 0 saturated carbocycles. The van der Waals surface area contributed by atoms with Crippen LogP contribution in [0.4, 0.5) is 5.69 Å². The highest BCUT2D eigenvalue weighted by molar-refractivity contribution is 7.89. The predicted octanol–water partition coefficient (Wildman–Crippen LogP) is 0.841. The van der Waals surface area contributed by atoms with E-state index in [1.807, 2.05) is 0 Å². The maximum Gasteiger partial charge on any atom is 0.271 e. The summed E-state index contributed by atoms with van der Waals surface area (Å²) in [6.07, 6.45) is 0. The molecule has 0 unspecified atom stereocenters. The Balaban J connectivity index is 2.37. The monoisotopic (exact) mass is 305 g/mol. The molecule has 0 radical (unpaired) electrons. The molecule has 1 aromatic rings. The van der Waals surface area contributed by atoms with Crippen LogP contribution in [0.2, 0.25) is 5.02 Å². The molecule has 0 atom stereocenters. The highest BCUT2D eigenvalue weighted by Crippen LogP contribution is 2.29. The minimum absolute atomic E-state index is 0.115. The molecule has 1 heterocycles. The van der Waals surface area contributed by atoms with Crippen LogP contribution in [0.25, 0.3) is 0 Å². The van der Waals surface area contributed by atoms with Crippen LogP contribution in [-0.4, -0.2) is 43.8 Å². The second-order valence-corrected chi connectivity index (χ2v) is 6.58. The predicted molar refractivity (Wildman–Crippen MR) is 69.7 cm³/mol. The fraction of sp³-hybridized carbons (Fsp3) is 0.400. The van der Waals surface area contributed by atoms with Crippen molar-refractivity contribution in [1.82, 2.24) is 9.62 Å². The number of hydrogen-bond acceptors (Lipinski definition) is 5. The summed E-state index contributed by atoms with van der Waals surface area (Å²) >= 11 is 5.84. The Morgan fingerprint density at radius 2 is 2.11 bits per heavy atom. The number of nitro benzene ring substituents is 1. The van der Waals surface area contributed by atoms with E-state index in [0.29, 0.717) is 13.1 Å². The van der Waals surface area contributed by atoms with E-state index in [4.69, 9.17) is 11.6 Å². The standard InChI is InChI=1S/C10H12ClN3O4S/c1-13(8-5-12-6-8)19(17,18)10-3-2-7(14(15)16)4-9(10)11/h2-4,8,12H,5-6H2,1H3. The first-order valence-electron chi connectivity index (χ1n) is 5.46. The summed E-state index contributed by atoms with van der Waals surface area (Å²) < 4.78 is 25.9. The molecule has 1 aliphatic rings. The molecule has 19 heavy (non-hydrogen) atoms. The SMILES string of the molecule is CN(C1CNC1)S(=O)(=O)c1ccc([N+](=O)[O-])cc1Cl. The van der Waals surface area contributed by atoms with Gasteiger partial charge in [0.05, 0.1) is 9.95 Å². The molecule has 1 saturated heterocycles. The molecule has 104 valence electrons. The fourth-order valence-corrected chi connectivity index (χ4v) is 3.56. The highest BCUT2D eigenvalue weighted by atomic mass is 35.5. The van der Waals surface area contributed by atoms with E-state index in [1.165, 1.54) is 17.4 Å². The number of halogens is 1. The molecule has 1 aromatic carbocycles. The van der Waals surface area contributed by atoms with Crippen molar-refractivity contribution >= 4 is 27.3 Å². The molecule has 0 bridgehead atoms. The van der Waals surface area contributed by atoms with Gasteiger partial charge in [0.15, 0.2) is 0 Å². The number of sulfonamides is 1. The van der Waals surface area contributed by atoms with Gasteiger partial charge in [0.1, 0.15) is 4.90 Å². The summed E-state index contributed by atoms with van der Waals surface area (Å²) in [7, 11) is -2.26. The molecular weight excluding hydrogens is 294 g/mol. The maximum absolute atomic E-state index is 12.3. The summed E-state index contributed by atoms with van der Waals surface area (Å²) in [5, 5.41) is 13.4. The van der Waals surface area contributed by atoms with E-state index in [9.17, 15) is 18.5 Å². The van der Waals surface area contributed by atoms with Gasteiger partial charge in [-0.05, 0) is 6.07 Å². The molecule has 0 amide bonds. The second kappa shape index (κ2) is 5.04. The van der Waals surface area contributed by atoms with E-state index in [0.717, 1.165) is 12.1 Å². The Labute approximate surface area is 115 Å². The van der Waals surface area contributed by atoms with Crippen LogP contribution in [-0.2, 0) is 10.0 Å². The van der Waals surface area contributed by atoms with Crippen molar-refractivity contribution in [2.24, 2.45) is 0 Å². The van der Waals surface area contributed by atoms with Crippen molar-refractivity contribution in [2.75, 3.05) is 20.1 Å². The van der Waals surface area contributed by atoms with Crippen LogP contribution >= 0.6 is 11.6 Å². The van der Waals surface area contributed by atoms with Crippen LogP contribution in [0.1, 0.15) is 0 Å². The summed E-state index contributed by atoms with van der Waals surface area (Å²) in [6.45, 7) is 1.17. The third-order valence-electron chi connectivity index (χ3n) is 3.06. The van der Waals surface area contributed by atoms with Gasteiger partial charge >= 0.3 is 0 Å². The Bertz CT molecular complexity index is 615. The van der Waals surface area contributed by atoms with Crippen molar-refractivity contribution in [1.29, 1.82) is 0 Å². The van der Waals surface area contributed by atoms with E-state index >= 15 is 0 Å². The zero-order chi connectivity index (χ0) is 14.2. The topological polar surface area (TPSA) is 92.6 Å². The van der Waals surface area contributed by atoms with E-state index in [2.05, 4.69) is 5.32 Å². The molecule has 1 fully saturated rings. The summed E-state index contributed by atoms with van der Waals surface area (Å²) in [5.41, 5.74) is -0.239. The van der Waals surface area contributed by atoms with Crippen LogP contribution in [0, 0.1) is 10.1 Å². The molecule has 9 heteroatoms. The van der Waals surface area contributed by atoms with Crippen LogP contribution < -0.4 is 5.32 Å². The third kappa shape index (κ3) is 2.57. The minimum atomic E-state index is -3.73. The quantitative estimate of drug-likeness (QED) is 0.657. The lowest BCUT2D eigenvalue weighted by molar-refractivity contribution is -0.384. The number of benzene rings is 1. The normalized spacial score (nSPS) is 16.4. The van der Waals surface area contributed by atoms with Crippen molar-refractivity contribution in [3.63, 3.8) is 0 Å². The highest BCUT2D eigenvalue weighted by Gasteiger charge is 2.33. The fourth-order valence-electron chi connectivity index (χ4n) is 1.69. The zero-order valence-corrected chi connectivity index (χ0v) is 11.6. The van der Waals surface area contributed by atoms with Crippen molar-refractivity contribution in [3.8, 4) is 0 Å². The number of likely N-dealkylation sites (N-methyl/N-ethyl adjacent to an activating group) is 1. The second-order valence-electron chi connectivity index (χ2n) is 4.21. The number of nitrogens with zero attached hydrogens (tertiary/aromatic N) is 2. The Morgan fingerprint density at radius 3 is 2.53 bits per heavy atom. The number of rotatable bonds is 4. The molecule has 0 spiro atoms. The molecule has 7 nitrogen and oxygen atoms in total. The van der Waals surface area contributed by atoms with E-state index in [-0.39, 0.29) is 21.6 Å². The van der Waals surface area contributed by atoms with Crippen LogP contribution in [0.3, 0.4) is 0 Å². The lowest BCUT2D eigenvalue weighted by Crippen LogP contribution is -2.57. The lowest BCUT2D eigenvalue weighted by Gasteiger charge is -2.34. The van der Waals surface area contributed by atoms with Gasteiger partial charge in [-0.15, -0.1) is 0 Å². The average Bonchev–Trinajstić information content (AvgIpc) is 2.25. The molecule has 1 aliphatic heterocycles. The van der Waals surface area contributed by atoms with Gasteiger partial charge in [0.2, 0.25) is 10.0 Å². The average molecular weight is 306 g/mol. The third-order valence-corrected chi connectivity index (χ3v) is 5.45. The van der Waals surface area contributed by atoms with Gasteiger partial charge in [0, 0.05) is 38.3 Å². The minimum Gasteiger partial charge on any atom is -0.313 e. The van der Waals surface area contributed by atoms with Gasteiger partial charge in [-0.3, -0.25) is 10.1 Å². The first-order chi connectivity index (χ1) is 8.84. The lowest BCUT2D eigenvalue weighted by atomic mass is 10.2. The van der Waals surface area contributed by atoms with E-state index < -0.39 is 14.9 Å². The molecule has 0 aromatic heterocycles.